The molecule has 0 radical (unpaired) electrons. The van der Waals surface area contributed by atoms with Crippen molar-refractivity contribution in [3.05, 3.63) is 64.7 Å². The molecule has 1 aromatic heterocycles. The van der Waals surface area contributed by atoms with E-state index in [-0.39, 0.29) is 30.8 Å². The highest BCUT2D eigenvalue weighted by Crippen LogP contribution is 2.34. The standard InChI is InChI=1S/C17H16ClFN2O3S/c18-15-4-2-1-3-14(15)16-5-6-21(7-8-25(16,23)24)17(22)12-9-13(19)11-20-10-12/h1-4,9-11,16H,5-8H2/t16-/m0/s1. The Bertz CT molecular complexity index is 904. The maximum Gasteiger partial charge on any atom is 0.255 e. The minimum Gasteiger partial charge on any atom is -0.338 e. The lowest BCUT2D eigenvalue weighted by molar-refractivity contribution is 0.0765. The number of hydrogen-bond acceptors (Lipinski definition) is 4. The first-order chi connectivity index (χ1) is 11.9. The molecule has 5 nitrogen and oxygen atoms in total. The summed E-state index contributed by atoms with van der Waals surface area (Å²) in [5.41, 5.74) is 0.652. The Kier molecular flexibility index (Phi) is 5.06. The maximum atomic E-state index is 13.3. The molecule has 0 spiro atoms. The van der Waals surface area contributed by atoms with Gasteiger partial charge in [-0.15, -0.1) is 0 Å². The Morgan fingerprint density at radius 2 is 2.00 bits per heavy atom. The molecular formula is C17H16ClFN2O3S. The monoisotopic (exact) mass is 382 g/mol. The van der Waals surface area contributed by atoms with Crippen LogP contribution in [0.5, 0.6) is 0 Å². The van der Waals surface area contributed by atoms with E-state index in [1.54, 1.807) is 24.3 Å². The van der Waals surface area contributed by atoms with Crippen LogP contribution < -0.4 is 0 Å². The molecule has 2 heterocycles. The van der Waals surface area contributed by atoms with Crippen molar-refractivity contribution < 1.29 is 17.6 Å². The Labute approximate surface area is 150 Å². The van der Waals surface area contributed by atoms with Crippen LogP contribution in [0.4, 0.5) is 4.39 Å². The lowest BCUT2D eigenvalue weighted by atomic mass is 10.1. The fourth-order valence-electron chi connectivity index (χ4n) is 2.94. The first-order valence-corrected chi connectivity index (χ1v) is 9.83. The summed E-state index contributed by atoms with van der Waals surface area (Å²) in [6, 6.07) is 7.92. The number of benzene rings is 1. The molecule has 3 rings (SSSR count). The van der Waals surface area contributed by atoms with Crippen LogP contribution in [0, 0.1) is 5.82 Å². The average molecular weight is 383 g/mol. The number of carbonyl (C=O) groups excluding carboxylic acids is 1. The fourth-order valence-corrected chi connectivity index (χ4v) is 5.09. The Morgan fingerprint density at radius 1 is 1.24 bits per heavy atom. The van der Waals surface area contributed by atoms with Crippen LogP contribution in [0.3, 0.4) is 0 Å². The van der Waals surface area contributed by atoms with Gasteiger partial charge in [0.25, 0.3) is 5.91 Å². The molecule has 1 aromatic carbocycles. The molecule has 0 bridgehead atoms. The van der Waals surface area contributed by atoms with Crippen molar-refractivity contribution >= 4 is 27.3 Å². The van der Waals surface area contributed by atoms with Gasteiger partial charge in [0.1, 0.15) is 5.82 Å². The van der Waals surface area contributed by atoms with Gasteiger partial charge < -0.3 is 4.90 Å². The van der Waals surface area contributed by atoms with Crippen LogP contribution in [-0.2, 0) is 9.84 Å². The number of amides is 1. The van der Waals surface area contributed by atoms with E-state index in [2.05, 4.69) is 4.98 Å². The van der Waals surface area contributed by atoms with Crippen LogP contribution in [0.1, 0.15) is 27.6 Å². The molecule has 1 aliphatic rings. The van der Waals surface area contributed by atoms with Crippen molar-refractivity contribution in [2.24, 2.45) is 0 Å². The van der Waals surface area contributed by atoms with Gasteiger partial charge >= 0.3 is 0 Å². The Morgan fingerprint density at radius 3 is 2.72 bits per heavy atom. The van der Waals surface area contributed by atoms with E-state index in [1.165, 1.54) is 11.1 Å². The molecule has 0 saturated carbocycles. The minimum absolute atomic E-state index is 0.0542. The molecule has 0 aliphatic carbocycles. The zero-order valence-corrected chi connectivity index (χ0v) is 14.8. The summed E-state index contributed by atoms with van der Waals surface area (Å²) in [4.78, 5) is 17.6. The van der Waals surface area contributed by atoms with Gasteiger partial charge in [0.2, 0.25) is 0 Å². The van der Waals surface area contributed by atoms with Crippen molar-refractivity contribution in [3.8, 4) is 0 Å². The van der Waals surface area contributed by atoms with Gasteiger partial charge in [0.15, 0.2) is 9.84 Å². The number of nitrogens with zero attached hydrogens (tertiary/aromatic N) is 2. The number of halogens is 2. The van der Waals surface area contributed by atoms with Crippen LogP contribution in [-0.4, -0.2) is 43.1 Å². The molecule has 1 amide bonds. The second kappa shape index (κ2) is 7.09. The number of sulfone groups is 1. The zero-order valence-electron chi connectivity index (χ0n) is 13.2. The van der Waals surface area contributed by atoms with Crippen molar-refractivity contribution in [2.75, 3.05) is 18.8 Å². The van der Waals surface area contributed by atoms with Gasteiger partial charge in [-0.05, 0) is 24.1 Å². The van der Waals surface area contributed by atoms with E-state index < -0.39 is 26.8 Å². The van der Waals surface area contributed by atoms with Crippen molar-refractivity contribution in [1.82, 2.24) is 9.88 Å². The highest BCUT2D eigenvalue weighted by atomic mass is 35.5. The van der Waals surface area contributed by atoms with E-state index in [1.807, 2.05) is 0 Å². The van der Waals surface area contributed by atoms with Crippen LogP contribution >= 0.6 is 11.6 Å². The first-order valence-electron chi connectivity index (χ1n) is 7.74. The third-order valence-electron chi connectivity index (χ3n) is 4.23. The third kappa shape index (κ3) is 3.82. The second-order valence-electron chi connectivity index (χ2n) is 5.85. The van der Waals surface area contributed by atoms with Gasteiger partial charge in [-0.25, -0.2) is 12.8 Å². The molecule has 0 N–H and O–H groups in total. The van der Waals surface area contributed by atoms with Crippen molar-refractivity contribution in [3.63, 3.8) is 0 Å². The van der Waals surface area contributed by atoms with Gasteiger partial charge in [-0.2, -0.15) is 0 Å². The lowest BCUT2D eigenvalue weighted by Crippen LogP contribution is -2.33. The SMILES string of the molecule is O=C(c1cncc(F)c1)N1CC[C@@H](c2ccccc2Cl)S(=O)(=O)CC1. The highest BCUT2D eigenvalue weighted by molar-refractivity contribution is 7.91. The Hall–Kier alpha value is -1.99. The van der Waals surface area contributed by atoms with Gasteiger partial charge in [-0.1, -0.05) is 29.8 Å². The summed E-state index contributed by atoms with van der Waals surface area (Å²) in [7, 11) is -3.46. The Balaban J connectivity index is 1.85. The van der Waals surface area contributed by atoms with E-state index in [9.17, 15) is 17.6 Å². The maximum absolute atomic E-state index is 13.3. The summed E-state index contributed by atoms with van der Waals surface area (Å²) >= 11 is 6.16. The summed E-state index contributed by atoms with van der Waals surface area (Å²) in [5, 5.41) is -0.366. The second-order valence-corrected chi connectivity index (χ2v) is 8.56. The van der Waals surface area contributed by atoms with Gasteiger partial charge in [-0.3, -0.25) is 9.78 Å². The molecule has 1 atom stereocenters. The number of rotatable bonds is 2. The van der Waals surface area contributed by atoms with Crippen molar-refractivity contribution in [2.45, 2.75) is 11.7 Å². The van der Waals surface area contributed by atoms with E-state index in [4.69, 9.17) is 11.6 Å². The van der Waals surface area contributed by atoms with Crippen LogP contribution in [0.2, 0.25) is 5.02 Å². The molecule has 2 aromatic rings. The quantitative estimate of drug-likeness (QED) is 0.801. The lowest BCUT2D eigenvalue weighted by Gasteiger charge is -2.20. The largest absolute Gasteiger partial charge is 0.338 e. The number of pyridine rings is 1. The summed E-state index contributed by atoms with van der Waals surface area (Å²) in [6.07, 6.45) is 2.52. The highest BCUT2D eigenvalue weighted by Gasteiger charge is 2.34. The van der Waals surface area contributed by atoms with E-state index >= 15 is 0 Å². The molecule has 8 heteroatoms. The van der Waals surface area contributed by atoms with Crippen LogP contribution in [0.25, 0.3) is 0 Å². The smallest absolute Gasteiger partial charge is 0.255 e. The summed E-state index contributed by atoms with van der Waals surface area (Å²) in [5.74, 6) is -1.21. The normalized spacial score (nSPS) is 20.1. The number of aromatic nitrogens is 1. The minimum atomic E-state index is -3.46. The zero-order chi connectivity index (χ0) is 18.0. The van der Waals surface area contributed by atoms with E-state index in [0.29, 0.717) is 10.6 Å². The van der Waals surface area contributed by atoms with Crippen molar-refractivity contribution in [1.29, 1.82) is 0 Å². The fraction of sp³-hybridized carbons (Fsp3) is 0.294. The van der Waals surface area contributed by atoms with Crippen LogP contribution in [0.15, 0.2) is 42.7 Å². The molecule has 0 unspecified atom stereocenters. The average Bonchev–Trinajstić information content (AvgIpc) is 2.73. The molecule has 132 valence electrons. The molecule has 1 aliphatic heterocycles. The molecule has 25 heavy (non-hydrogen) atoms. The molecule has 1 saturated heterocycles. The third-order valence-corrected chi connectivity index (χ3v) is 6.68. The predicted molar refractivity (Wildman–Crippen MR) is 92.7 cm³/mol. The van der Waals surface area contributed by atoms with Gasteiger partial charge in [0, 0.05) is 24.3 Å². The molecule has 1 fully saturated rings. The first kappa shape index (κ1) is 17.8. The summed E-state index contributed by atoms with van der Waals surface area (Å²) in [6.45, 7) is 0.295. The predicted octanol–water partition coefficient (Wildman–Crippen LogP) is 2.88. The van der Waals surface area contributed by atoms with E-state index in [0.717, 1.165) is 12.3 Å². The number of carbonyl (C=O) groups is 1. The van der Waals surface area contributed by atoms with Gasteiger partial charge in [0.05, 0.1) is 22.8 Å². The number of hydrogen-bond donors (Lipinski definition) is 0. The molecular weight excluding hydrogens is 367 g/mol. The topological polar surface area (TPSA) is 67.3 Å². The summed E-state index contributed by atoms with van der Waals surface area (Å²) < 4.78 is 38.6.